The molecule has 2 fully saturated rings. The Kier molecular flexibility index (Phi) is 5.22. The van der Waals surface area contributed by atoms with Gasteiger partial charge in [0.05, 0.1) is 12.7 Å². The summed E-state index contributed by atoms with van der Waals surface area (Å²) in [4.78, 5) is 2.62. The Hall–Kier alpha value is -0.160. The summed E-state index contributed by atoms with van der Waals surface area (Å²) in [6, 6.07) is 1.39. The lowest BCUT2D eigenvalue weighted by Gasteiger charge is -2.35. The molecule has 0 aromatic carbocycles. The first kappa shape index (κ1) is 13.3. The van der Waals surface area contributed by atoms with Crippen molar-refractivity contribution in [2.45, 2.75) is 50.8 Å². The zero-order valence-electron chi connectivity index (χ0n) is 10.9. The average Bonchev–Trinajstić information content (AvgIpc) is 2.81. The molecule has 2 N–H and O–H groups in total. The molecular weight excluding hydrogens is 216 g/mol. The van der Waals surface area contributed by atoms with Crippen LogP contribution in [-0.2, 0) is 4.74 Å². The molecule has 0 aromatic heterocycles. The zero-order chi connectivity index (χ0) is 12.1. The molecule has 4 nitrogen and oxygen atoms in total. The molecule has 0 aliphatic carbocycles. The second-order valence-corrected chi connectivity index (χ2v) is 5.27. The average molecular weight is 242 g/mol. The molecule has 17 heavy (non-hydrogen) atoms. The van der Waals surface area contributed by atoms with Crippen LogP contribution in [0.4, 0.5) is 0 Å². The van der Waals surface area contributed by atoms with E-state index >= 15 is 0 Å². The number of nitrogens with zero attached hydrogens (tertiary/aromatic N) is 1. The van der Waals surface area contributed by atoms with Crippen molar-refractivity contribution >= 4 is 0 Å². The third-order valence-corrected chi connectivity index (χ3v) is 3.98. The van der Waals surface area contributed by atoms with Crippen LogP contribution in [0, 0.1) is 0 Å². The van der Waals surface area contributed by atoms with Crippen molar-refractivity contribution in [2.24, 2.45) is 0 Å². The van der Waals surface area contributed by atoms with Gasteiger partial charge in [0, 0.05) is 25.2 Å². The summed E-state index contributed by atoms with van der Waals surface area (Å²) in [5.74, 6) is 0. The van der Waals surface area contributed by atoms with Crippen molar-refractivity contribution in [3.63, 3.8) is 0 Å². The van der Waals surface area contributed by atoms with Gasteiger partial charge >= 0.3 is 0 Å². The summed E-state index contributed by atoms with van der Waals surface area (Å²) >= 11 is 0. The second kappa shape index (κ2) is 6.69. The van der Waals surface area contributed by atoms with Gasteiger partial charge in [-0.1, -0.05) is 0 Å². The van der Waals surface area contributed by atoms with Gasteiger partial charge in [-0.3, -0.25) is 0 Å². The SMILES string of the molecule is CCOCC(O)CNC1CCN2CCCC2C1. The van der Waals surface area contributed by atoms with E-state index in [2.05, 4.69) is 10.2 Å². The van der Waals surface area contributed by atoms with E-state index in [1.807, 2.05) is 6.92 Å². The van der Waals surface area contributed by atoms with Crippen molar-refractivity contribution in [3.8, 4) is 0 Å². The summed E-state index contributed by atoms with van der Waals surface area (Å²) in [6.07, 6.45) is 4.83. The van der Waals surface area contributed by atoms with E-state index in [9.17, 15) is 5.11 Å². The fraction of sp³-hybridized carbons (Fsp3) is 1.00. The lowest BCUT2D eigenvalue weighted by atomic mass is 9.97. The van der Waals surface area contributed by atoms with Crippen LogP contribution in [0.2, 0.25) is 0 Å². The van der Waals surface area contributed by atoms with E-state index in [-0.39, 0.29) is 6.10 Å². The number of aliphatic hydroxyl groups is 1. The van der Waals surface area contributed by atoms with Gasteiger partial charge < -0.3 is 20.1 Å². The molecule has 0 saturated carbocycles. The van der Waals surface area contributed by atoms with Crippen molar-refractivity contribution in [1.82, 2.24) is 10.2 Å². The molecule has 3 atom stereocenters. The molecule has 0 aromatic rings. The van der Waals surface area contributed by atoms with E-state index in [0.717, 1.165) is 6.04 Å². The van der Waals surface area contributed by atoms with Crippen LogP contribution in [0.15, 0.2) is 0 Å². The Balaban J connectivity index is 1.63. The molecule has 3 unspecified atom stereocenters. The first-order valence-corrected chi connectivity index (χ1v) is 7.03. The van der Waals surface area contributed by atoms with Crippen molar-refractivity contribution in [1.29, 1.82) is 0 Å². The minimum absolute atomic E-state index is 0.364. The molecule has 2 aliphatic rings. The lowest BCUT2D eigenvalue weighted by molar-refractivity contribution is 0.0390. The lowest BCUT2D eigenvalue weighted by Crippen LogP contribution is -2.47. The molecule has 2 aliphatic heterocycles. The fourth-order valence-corrected chi connectivity index (χ4v) is 3.03. The van der Waals surface area contributed by atoms with Crippen LogP contribution in [0.5, 0.6) is 0 Å². The standard InChI is InChI=1S/C13H26N2O2/c1-2-17-10-13(16)9-14-11-5-7-15-6-3-4-12(15)8-11/h11-14,16H,2-10H2,1H3. The highest BCUT2D eigenvalue weighted by atomic mass is 16.5. The van der Waals surface area contributed by atoms with E-state index in [1.54, 1.807) is 0 Å². The molecule has 0 radical (unpaired) electrons. The van der Waals surface area contributed by atoms with Crippen LogP contribution in [0.25, 0.3) is 0 Å². The maximum absolute atomic E-state index is 9.70. The molecule has 4 heteroatoms. The van der Waals surface area contributed by atoms with Gasteiger partial charge in [0.2, 0.25) is 0 Å². The summed E-state index contributed by atoms with van der Waals surface area (Å²) in [5.41, 5.74) is 0. The van der Waals surface area contributed by atoms with Crippen molar-refractivity contribution in [2.75, 3.05) is 32.8 Å². The smallest absolute Gasteiger partial charge is 0.0897 e. The van der Waals surface area contributed by atoms with Gasteiger partial charge in [0.15, 0.2) is 0 Å². The molecule has 2 heterocycles. The van der Waals surface area contributed by atoms with E-state index in [0.29, 0.717) is 25.8 Å². The van der Waals surface area contributed by atoms with Gasteiger partial charge in [-0.25, -0.2) is 0 Å². The maximum atomic E-state index is 9.70. The molecule has 2 rings (SSSR count). The van der Waals surface area contributed by atoms with Gasteiger partial charge in [-0.15, -0.1) is 0 Å². The Morgan fingerprint density at radius 2 is 2.29 bits per heavy atom. The minimum Gasteiger partial charge on any atom is -0.389 e. The number of rotatable bonds is 6. The molecule has 100 valence electrons. The minimum atomic E-state index is -0.364. The summed E-state index contributed by atoms with van der Waals surface area (Å²) in [5, 5.41) is 13.2. The quantitative estimate of drug-likeness (QED) is 0.716. The third kappa shape index (κ3) is 3.91. The monoisotopic (exact) mass is 242 g/mol. The summed E-state index contributed by atoms with van der Waals surface area (Å²) in [6.45, 7) is 6.27. The van der Waals surface area contributed by atoms with Gasteiger partial charge in [0.1, 0.15) is 0 Å². The van der Waals surface area contributed by atoms with Crippen molar-refractivity contribution in [3.05, 3.63) is 0 Å². The van der Waals surface area contributed by atoms with Gasteiger partial charge in [-0.2, -0.15) is 0 Å². The first-order chi connectivity index (χ1) is 8.29. The second-order valence-electron chi connectivity index (χ2n) is 5.27. The van der Waals surface area contributed by atoms with Gasteiger partial charge in [0.25, 0.3) is 0 Å². The topological polar surface area (TPSA) is 44.7 Å². The van der Waals surface area contributed by atoms with Crippen LogP contribution in [0.1, 0.15) is 32.6 Å². The third-order valence-electron chi connectivity index (χ3n) is 3.98. The first-order valence-electron chi connectivity index (χ1n) is 7.03. The van der Waals surface area contributed by atoms with Crippen LogP contribution >= 0.6 is 0 Å². The molecule has 0 bridgehead atoms. The number of aliphatic hydroxyl groups excluding tert-OH is 1. The number of piperidine rings is 1. The fourth-order valence-electron chi connectivity index (χ4n) is 3.03. The molecule has 0 spiro atoms. The Morgan fingerprint density at radius 1 is 1.41 bits per heavy atom. The Labute approximate surface area is 104 Å². The normalized spacial score (nSPS) is 31.4. The highest BCUT2D eigenvalue weighted by Gasteiger charge is 2.31. The maximum Gasteiger partial charge on any atom is 0.0897 e. The van der Waals surface area contributed by atoms with E-state index in [4.69, 9.17) is 4.74 Å². The number of ether oxygens (including phenoxy) is 1. The van der Waals surface area contributed by atoms with E-state index < -0.39 is 0 Å². The Bertz CT molecular complexity index is 225. The molecular formula is C13H26N2O2. The highest BCUT2D eigenvalue weighted by molar-refractivity contribution is 4.89. The van der Waals surface area contributed by atoms with Crippen LogP contribution < -0.4 is 5.32 Å². The number of hydrogen-bond acceptors (Lipinski definition) is 4. The predicted octanol–water partition coefficient (Wildman–Crippen LogP) is 0.600. The van der Waals surface area contributed by atoms with Crippen molar-refractivity contribution < 1.29 is 9.84 Å². The molecule has 2 saturated heterocycles. The largest absolute Gasteiger partial charge is 0.389 e. The van der Waals surface area contributed by atoms with Crippen LogP contribution in [-0.4, -0.2) is 61.0 Å². The molecule has 0 amide bonds. The zero-order valence-corrected chi connectivity index (χ0v) is 10.9. The van der Waals surface area contributed by atoms with E-state index in [1.165, 1.54) is 38.8 Å². The predicted molar refractivity (Wildman–Crippen MR) is 68.1 cm³/mol. The van der Waals surface area contributed by atoms with Crippen LogP contribution in [0.3, 0.4) is 0 Å². The summed E-state index contributed by atoms with van der Waals surface area (Å²) in [7, 11) is 0. The highest BCUT2D eigenvalue weighted by Crippen LogP contribution is 2.26. The Morgan fingerprint density at radius 3 is 3.12 bits per heavy atom. The summed E-state index contributed by atoms with van der Waals surface area (Å²) < 4.78 is 5.21. The number of fused-ring (bicyclic) bond motifs is 1. The van der Waals surface area contributed by atoms with Gasteiger partial charge in [-0.05, 0) is 45.7 Å². The number of nitrogens with one attached hydrogen (secondary N) is 1. The number of hydrogen-bond donors (Lipinski definition) is 2.